The van der Waals surface area contributed by atoms with E-state index in [1.54, 1.807) is 6.07 Å². The van der Waals surface area contributed by atoms with Crippen LogP contribution in [-0.2, 0) is 20.6 Å². The van der Waals surface area contributed by atoms with E-state index in [1.807, 2.05) is 25.1 Å². The van der Waals surface area contributed by atoms with Crippen molar-refractivity contribution < 1.29 is 13.2 Å². The number of benzene rings is 1. The monoisotopic (exact) mass is 270 g/mol. The fraction of sp³-hybridized carbons (Fsp3) is 0.417. The lowest BCUT2D eigenvalue weighted by Gasteiger charge is -2.07. The zero-order valence-electron chi connectivity index (χ0n) is 10.6. The minimum Gasteiger partial charge on any atom is -0.355 e. The number of hydrogen-bond donors (Lipinski definition) is 2. The molecule has 18 heavy (non-hydrogen) atoms. The molecule has 6 heteroatoms. The maximum Gasteiger partial charge on any atom is 0.216 e. The SMILES string of the molecule is CC(=O)NCCNS(=O)(=O)Cc1cccc(C)c1. The lowest BCUT2D eigenvalue weighted by molar-refractivity contribution is -0.118. The number of carbonyl (C=O) groups is 1. The fourth-order valence-electron chi connectivity index (χ4n) is 1.52. The van der Waals surface area contributed by atoms with Crippen LogP contribution in [-0.4, -0.2) is 27.4 Å². The molecule has 1 amide bonds. The zero-order valence-corrected chi connectivity index (χ0v) is 11.4. The molecule has 0 spiro atoms. The van der Waals surface area contributed by atoms with E-state index >= 15 is 0 Å². The third-order valence-electron chi connectivity index (χ3n) is 2.26. The minimum atomic E-state index is -3.35. The summed E-state index contributed by atoms with van der Waals surface area (Å²) in [6.07, 6.45) is 0. The summed E-state index contributed by atoms with van der Waals surface area (Å²) in [5.41, 5.74) is 1.78. The summed E-state index contributed by atoms with van der Waals surface area (Å²) in [6.45, 7) is 3.80. The Kier molecular flexibility index (Phi) is 5.30. The molecule has 0 saturated heterocycles. The molecule has 100 valence electrons. The zero-order chi connectivity index (χ0) is 13.6. The molecule has 1 rings (SSSR count). The highest BCUT2D eigenvalue weighted by Crippen LogP contribution is 2.07. The van der Waals surface area contributed by atoms with Gasteiger partial charge in [-0.2, -0.15) is 0 Å². The van der Waals surface area contributed by atoms with Crippen LogP contribution in [0.15, 0.2) is 24.3 Å². The van der Waals surface area contributed by atoms with Gasteiger partial charge in [0, 0.05) is 20.0 Å². The average molecular weight is 270 g/mol. The van der Waals surface area contributed by atoms with Gasteiger partial charge in [-0.1, -0.05) is 29.8 Å². The van der Waals surface area contributed by atoms with Crippen molar-refractivity contribution in [1.82, 2.24) is 10.0 Å². The van der Waals surface area contributed by atoms with E-state index in [9.17, 15) is 13.2 Å². The molecule has 0 bridgehead atoms. The summed E-state index contributed by atoms with van der Waals surface area (Å²) in [7, 11) is -3.35. The van der Waals surface area contributed by atoms with Gasteiger partial charge in [0.2, 0.25) is 15.9 Å². The van der Waals surface area contributed by atoms with Crippen LogP contribution in [0.4, 0.5) is 0 Å². The molecule has 0 fully saturated rings. The first-order chi connectivity index (χ1) is 8.39. The van der Waals surface area contributed by atoms with E-state index in [0.717, 1.165) is 11.1 Å². The van der Waals surface area contributed by atoms with Gasteiger partial charge < -0.3 is 5.32 Å². The van der Waals surface area contributed by atoms with Crippen LogP contribution in [0.5, 0.6) is 0 Å². The summed E-state index contributed by atoms with van der Waals surface area (Å²) in [4.78, 5) is 10.6. The summed E-state index contributed by atoms with van der Waals surface area (Å²) in [5.74, 6) is -0.220. The highest BCUT2D eigenvalue weighted by atomic mass is 32.2. The highest BCUT2D eigenvalue weighted by molar-refractivity contribution is 7.88. The number of carbonyl (C=O) groups excluding carboxylic acids is 1. The van der Waals surface area contributed by atoms with Gasteiger partial charge in [0.15, 0.2) is 0 Å². The molecular formula is C12H18N2O3S. The first-order valence-electron chi connectivity index (χ1n) is 5.66. The predicted molar refractivity (Wildman–Crippen MR) is 70.5 cm³/mol. The molecule has 0 aliphatic rings. The molecule has 2 N–H and O–H groups in total. The van der Waals surface area contributed by atoms with Gasteiger partial charge in [0.25, 0.3) is 0 Å². The predicted octanol–water partition coefficient (Wildman–Crippen LogP) is 0.551. The van der Waals surface area contributed by atoms with E-state index < -0.39 is 10.0 Å². The van der Waals surface area contributed by atoms with E-state index in [4.69, 9.17) is 0 Å². The van der Waals surface area contributed by atoms with Gasteiger partial charge in [-0.3, -0.25) is 4.79 Å². The van der Waals surface area contributed by atoms with E-state index in [1.165, 1.54) is 6.92 Å². The van der Waals surface area contributed by atoms with Crippen LogP contribution < -0.4 is 10.0 Å². The van der Waals surface area contributed by atoms with Crippen LogP contribution in [0.3, 0.4) is 0 Å². The first-order valence-corrected chi connectivity index (χ1v) is 7.31. The van der Waals surface area contributed by atoms with Crippen LogP contribution >= 0.6 is 0 Å². The van der Waals surface area contributed by atoms with Crippen molar-refractivity contribution >= 4 is 15.9 Å². The van der Waals surface area contributed by atoms with Crippen molar-refractivity contribution in [3.05, 3.63) is 35.4 Å². The summed E-state index contributed by atoms with van der Waals surface area (Å²) in [5, 5.41) is 2.53. The molecule has 5 nitrogen and oxygen atoms in total. The van der Waals surface area contributed by atoms with Crippen molar-refractivity contribution in [2.45, 2.75) is 19.6 Å². The maximum atomic E-state index is 11.7. The molecule has 0 unspecified atom stereocenters. The van der Waals surface area contributed by atoms with Crippen LogP contribution in [0.25, 0.3) is 0 Å². The van der Waals surface area contributed by atoms with Crippen molar-refractivity contribution in [1.29, 1.82) is 0 Å². The second-order valence-corrected chi connectivity index (χ2v) is 5.93. The molecule has 0 aliphatic carbocycles. The Morgan fingerprint density at radius 3 is 2.61 bits per heavy atom. The molecule has 0 atom stereocenters. The van der Waals surface area contributed by atoms with Crippen LogP contribution in [0, 0.1) is 6.92 Å². The number of nitrogens with one attached hydrogen (secondary N) is 2. The summed E-state index contributed by atoms with van der Waals surface area (Å²) in [6, 6.07) is 7.37. The molecule has 1 aromatic rings. The second kappa shape index (κ2) is 6.51. The van der Waals surface area contributed by atoms with E-state index in [2.05, 4.69) is 10.0 Å². The fourth-order valence-corrected chi connectivity index (χ4v) is 2.65. The smallest absolute Gasteiger partial charge is 0.216 e. The molecule has 0 radical (unpaired) electrons. The Balaban J connectivity index is 2.47. The molecule has 0 aliphatic heterocycles. The van der Waals surface area contributed by atoms with Crippen LogP contribution in [0.2, 0.25) is 0 Å². The third kappa shape index (κ3) is 5.79. The van der Waals surface area contributed by atoms with Gasteiger partial charge in [-0.05, 0) is 12.5 Å². The summed E-state index contributed by atoms with van der Waals surface area (Å²) >= 11 is 0. The van der Waals surface area contributed by atoms with Crippen molar-refractivity contribution in [3.8, 4) is 0 Å². The van der Waals surface area contributed by atoms with Crippen LogP contribution in [0.1, 0.15) is 18.1 Å². The highest BCUT2D eigenvalue weighted by Gasteiger charge is 2.10. The van der Waals surface area contributed by atoms with Crippen molar-refractivity contribution in [3.63, 3.8) is 0 Å². The largest absolute Gasteiger partial charge is 0.355 e. The number of rotatable bonds is 6. The Bertz CT molecular complexity index is 512. The van der Waals surface area contributed by atoms with E-state index in [0.29, 0.717) is 6.54 Å². The molecule has 0 heterocycles. The number of amides is 1. The normalized spacial score (nSPS) is 11.2. The Morgan fingerprint density at radius 1 is 1.28 bits per heavy atom. The average Bonchev–Trinajstić information content (AvgIpc) is 2.23. The Hall–Kier alpha value is -1.40. The molecular weight excluding hydrogens is 252 g/mol. The van der Waals surface area contributed by atoms with Crippen molar-refractivity contribution in [2.75, 3.05) is 13.1 Å². The Morgan fingerprint density at radius 2 is 2.00 bits per heavy atom. The topological polar surface area (TPSA) is 75.3 Å². The summed E-state index contributed by atoms with van der Waals surface area (Å²) < 4.78 is 25.9. The van der Waals surface area contributed by atoms with Gasteiger partial charge in [0.1, 0.15) is 0 Å². The van der Waals surface area contributed by atoms with Gasteiger partial charge in [0.05, 0.1) is 5.75 Å². The van der Waals surface area contributed by atoms with Gasteiger partial charge in [-0.15, -0.1) is 0 Å². The number of hydrogen-bond acceptors (Lipinski definition) is 3. The quantitative estimate of drug-likeness (QED) is 0.741. The lowest BCUT2D eigenvalue weighted by Crippen LogP contribution is -2.34. The second-order valence-electron chi connectivity index (χ2n) is 4.13. The maximum absolute atomic E-state index is 11.7. The standard InChI is InChI=1S/C12H18N2O3S/c1-10-4-3-5-12(8-10)9-18(16,17)14-7-6-13-11(2)15/h3-5,8,14H,6-7,9H2,1-2H3,(H,13,15). The van der Waals surface area contributed by atoms with Crippen molar-refractivity contribution in [2.24, 2.45) is 0 Å². The van der Waals surface area contributed by atoms with E-state index in [-0.39, 0.29) is 18.2 Å². The minimum absolute atomic E-state index is 0.0469. The third-order valence-corrected chi connectivity index (χ3v) is 3.62. The molecule has 0 saturated carbocycles. The number of aryl methyl sites for hydroxylation is 1. The van der Waals surface area contributed by atoms with Gasteiger partial charge >= 0.3 is 0 Å². The number of sulfonamides is 1. The Labute approximate surface area is 108 Å². The molecule has 1 aromatic carbocycles. The molecule has 0 aromatic heterocycles. The first kappa shape index (κ1) is 14.7. The lowest BCUT2D eigenvalue weighted by atomic mass is 10.2. The van der Waals surface area contributed by atoms with Gasteiger partial charge in [-0.25, -0.2) is 13.1 Å².